The van der Waals surface area contributed by atoms with Gasteiger partial charge in [0.05, 0.1) is 11.9 Å². The van der Waals surface area contributed by atoms with Gasteiger partial charge in [-0.05, 0) is 30.7 Å². The third-order valence-electron chi connectivity index (χ3n) is 4.62. The van der Waals surface area contributed by atoms with Crippen molar-refractivity contribution in [3.05, 3.63) is 42.1 Å². The smallest absolute Gasteiger partial charge is 0.0695 e. The normalized spacial score (nSPS) is 22.9. The van der Waals surface area contributed by atoms with Crippen LogP contribution in [0.5, 0.6) is 0 Å². The minimum atomic E-state index is 0.661. The summed E-state index contributed by atoms with van der Waals surface area (Å²) in [6.07, 6.45) is 8.67. The summed E-state index contributed by atoms with van der Waals surface area (Å²) in [5.74, 6) is 0.894. The molecule has 2 unspecified atom stereocenters. The molecule has 0 amide bonds. The summed E-state index contributed by atoms with van der Waals surface area (Å²) >= 11 is 0. The van der Waals surface area contributed by atoms with E-state index in [1.165, 1.54) is 43.2 Å². The van der Waals surface area contributed by atoms with Gasteiger partial charge in [-0.25, -0.2) is 0 Å². The number of hydrogen-bond acceptors (Lipinski definition) is 2. The first-order valence-corrected chi connectivity index (χ1v) is 8.14. The molecule has 2 atom stereocenters. The fourth-order valence-electron chi connectivity index (χ4n) is 3.25. The van der Waals surface area contributed by atoms with Gasteiger partial charge in [0.15, 0.2) is 0 Å². The number of nitrogens with one attached hydrogen (secondary N) is 2. The molecule has 1 aliphatic carbocycles. The van der Waals surface area contributed by atoms with Gasteiger partial charge in [0.2, 0.25) is 0 Å². The van der Waals surface area contributed by atoms with Crippen molar-refractivity contribution >= 4 is 0 Å². The molecule has 2 aromatic rings. The zero-order valence-corrected chi connectivity index (χ0v) is 12.8. The lowest BCUT2D eigenvalue weighted by Gasteiger charge is -2.16. The number of benzene rings is 1. The van der Waals surface area contributed by atoms with Crippen LogP contribution in [0.4, 0.5) is 0 Å². The van der Waals surface area contributed by atoms with E-state index in [1.807, 2.05) is 12.3 Å². The van der Waals surface area contributed by atoms with E-state index >= 15 is 0 Å². The van der Waals surface area contributed by atoms with Gasteiger partial charge in [-0.1, -0.05) is 50.1 Å². The number of rotatable bonds is 4. The van der Waals surface area contributed by atoms with Crippen LogP contribution in [0.3, 0.4) is 0 Å². The van der Waals surface area contributed by atoms with E-state index < -0.39 is 0 Å². The van der Waals surface area contributed by atoms with Crippen LogP contribution in [0, 0.1) is 5.92 Å². The van der Waals surface area contributed by atoms with Crippen molar-refractivity contribution in [1.82, 2.24) is 15.5 Å². The topological polar surface area (TPSA) is 40.7 Å². The van der Waals surface area contributed by atoms with Gasteiger partial charge in [-0.15, -0.1) is 0 Å². The maximum absolute atomic E-state index is 4.23. The van der Waals surface area contributed by atoms with Crippen LogP contribution in [0.2, 0.25) is 0 Å². The quantitative estimate of drug-likeness (QED) is 0.828. The van der Waals surface area contributed by atoms with Gasteiger partial charge in [0.25, 0.3) is 0 Å². The minimum Gasteiger partial charge on any atom is -0.310 e. The number of H-pyrrole nitrogens is 1. The van der Waals surface area contributed by atoms with E-state index in [-0.39, 0.29) is 0 Å². The molecule has 0 spiro atoms. The minimum absolute atomic E-state index is 0.661. The van der Waals surface area contributed by atoms with Crippen LogP contribution >= 0.6 is 0 Å². The number of aromatic amines is 1. The predicted octanol–water partition coefficient (Wildman–Crippen LogP) is 4.14. The van der Waals surface area contributed by atoms with E-state index in [4.69, 9.17) is 0 Å². The van der Waals surface area contributed by atoms with E-state index in [2.05, 4.69) is 46.7 Å². The van der Waals surface area contributed by atoms with E-state index in [0.717, 1.165) is 18.2 Å². The second-order valence-corrected chi connectivity index (χ2v) is 6.33. The van der Waals surface area contributed by atoms with E-state index in [9.17, 15) is 0 Å². The summed E-state index contributed by atoms with van der Waals surface area (Å²) < 4.78 is 0. The lowest BCUT2D eigenvalue weighted by Crippen LogP contribution is -2.28. The summed E-state index contributed by atoms with van der Waals surface area (Å²) in [7, 11) is 0. The van der Waals surface area contributed by atoms with Crippen molar-refractivity contribution in [3.63, 3.8) is 0 Å². The van der Waals surface area contributed by atoms with Gasteiger partial charge in [0.1, 0.15) is 0 Å². The molecule has 112 valence electrons. The standard InChI is InChI=1S/C18H25N3/c1-14-6-5-9-17(11-10-14)19-12-16-13-20-21-18(16)15-7-3-2-4-8-15/h2-4,7-8,13-14,17,19H,5-6,9-12H2,1H3,(H,20,21). The molecule has 1 saturated carbocycles. The van der Waals surface area contributed by atoms with Crippen molar-refractivity contribution in [2.24, 2.45) is 5.92 Å². The summed E-state index contributed by atoms with van der Waals surface area (Å²) in [6, 6.07) is 11.1. The number of hydrogen-bond donors (Lipinski definition) is 2. The lowest BCUT2D eigenvalue weighted by molar-refractivity contribution is 0.447. The van der Waals surface area contributed by atoms with Crippen LogP contribution in [0.1, 0.15) is 44.6 Å². The Morgan fingerprint density at radius 3 is 2.86 bits per heavy atom. The maximum atomic E-state index is 4.23. The molecular formula is C18H25N3. The third kappa shape index (κ3) is 3.73. The molecule has 1 aliphatic rings. The maximum Gasteiger partial charge on any atom is 0.0695 e. The Bertz CT molecular complexity index is 547. The highest BCUT2D eigenvalue weighted by molar-refractivity contribution is 5.62. The van der Waals surface area contributed by atoms with Crippen molar-refractivity contribution < 1.29 is 0 Å². The molecule has 3 nitrogen and oxygen atoms in total. The molecule has 0 saturated heterocycles. The predicted molar refractivity (Wildman–Crippen MR) is 86.9 cm³/mol. The Hall–Kier alpha value is -1.61. The fourth-order valence-corrected chi connectivity index (χ4v) is 3.25. The summed E-state index contributed by atoms with van der Waals surface area (Å²) in [6.45, 7) is 3.28. The second kappa shape index (κ2) is 6.90. The summed E-state index contributed by atoms with van der Waals surface area (Å²) in [4.78, 5) is 0. The Morgan fingerprint density at radius 1 is 1.14 bits per heavy atom. The monoisotopic (exact) mass is 283 g/mol. The second-order valence-electron chi connectivity index (χ2n) is 6.33. The van der Waals surface area contributed by atoms with Crippen LogP contribution < -0.4 is 5.32 Å². The average Bonchev–Trinajstić information content (AvgIpc) is 2.89. The van der Waals surface area contributed by atoms with Crippen molar-refractivity contribution in [2.45, 2.75) is 51.6 Å². The Labute approximate surface area is 127 Å². The van der Waals surface area contributed by atoms with Crippen LogP contribution in [-0.2, 0) is 6.54 Å². The lowest BCUT2D eigenvalue weighted by atomic mass is 10.0. The fraction of sp³-hybridized carbons (Fsp3) is 0.500. The van der Waals surface area contributed by atoms with Crippen molar-refractivity contribution in [2.75, 3.05) is 0 Å². The zero-order valence-electron chi connectivity index (χ0n) is 12.8. The molecule has 3 rings (SSSR count). The molecule has 0 aliphatic heterocycles. The highest BCUT2D eigenvalue weighted by atomic mass is 15.1. The largest absolute Gasteiger partial charge is 0.310 e. The first-order valence-electron chi connectivity index (χ1n) is 8.14. The molecule has 1 aromatic carbocycles. The molecule has 21 heavy (non-hydrogen) atoms. The van der Waals surface area contributed by atoms with Gasteiger partial charge < -0.3 is 5.32 Å². The molecule has 0 bridgehead atoms. The Balaban J connectivity index is 1.62. The van der Waals surface area contributed by atoms with Crippen molar-refractivity contribution in [3.8, 4) is 11.3 Å². The molecule has 3 heteroatoms. The summed E-state index contributed by atoms with van der Waals surface area (Å²) in [5.41, 5.74) is 3.62. The number of aromatic nitrogens is 2. The molecule has 1 heterocycles. The van der Waals surface area contributed by atoms with Crippen LogP contribution in [0.25, 0.3) is 11.3 Å². The molecule has 1 fully saturated rings. The van der Waals surface area contributed by atoms with Crippen molar-refractivity contribution in [1.29, 1.82) is 0 Å². The zero-order chi connectivity index (χ0) is 14.5. The summed E-state index contributed by atoms with van der Waals surface area (Å²) in [5, 5.41) is 11.1. The van der Waals surface area contributed by atoms with Crippen LogP contribution in [0.15, 0.2) is 36.5 Å². The highest BCUT2D eigenvalue weighted by Crippen LogP contribution is 2.24. The molecule has 1 aromatic heterocycles. The average molecular weight is 283 g/mol. The van der Waals surface area contributed by atoms with Gasteiger partial charge in [-0.3, -0.25) is 5.10 Å². The Kier molecular flexibility index (Phi) is 4.71. The third-order valence-corrected chi connectivity index (χ3v) is 4.62. The van der Waals surface area contributed by atoms with E-state index in [0.29, 0.717) is 6.04 Å². The molecule has 0 radical (unpaired) electrons. The van der Waals surface area contributed by atoms with Gasteiger partial charge in [-0.2, -0.15) is 5.10 Å². The van der Waals surface area contributed by atoms with E-state index in [1.54, 1.807) is 0 Å². The van der Waals surface area contributed by atoms with Gasteiger partial charge in [0, 0.05) is 18.2 Å². The van der Waals surface area contributed by atoms with Crippen LogP contribution in [-0.4, -0.2) is 16.2 Å². The highest BCUT2D eigenvalue weighted by Gasteiger charge is 2.16. The first-order chi connectivity index (χ1) is 10.3. The molecular weight excluding hydrogens is 258 g/mol. The first kappa shape index (κ1) is 14.3. The SMILES string of the molecule is CC1CCCC(NCc2cn[nH]c2-c2ccccc2)CC1. The Morgan fingerprint density at radius 2 is 2.00 bits per heavy atom. The van der Waals surface area contributed by atoms with Gasteiger partial charge >= 0.3 is 0 Å². The molecule has 2 N–H and O–H groups in total. The number of nitrogens with zero attached hydrogens (tertiary/aromatic N) is 1.